The Kier molecular flexibility index (Phi) is 3.60. The summed E-state index contributed by atoms with van der Waals surface area (Å²) in [6.07, 6.45) is 5.69. The van der Waals surface area contributed by atoms with Gasteiger partial charge >= 0.3 is 0 Å². The third-order valence-electron chi connectivity index (χ3n) is 3.93. The summed E-state index contributed by atoms with van der Waals surface area (Å²) in [4.78, 5) is 0. The van der Waals surface area contributed by atoms with Crippen LogP contribution < -0.4 is 5.32 Å². The molecule has 88 valence electrons. The van der Waals surface area contributed by atoms with Gasteiger partial charge in [0.1, 0.15) is 0 Å². The van der Waals surface area contributed by atoms with Crippen LogP contribution in [0.1, 0.15) is 44.9 Å². The Morgan fingerprint density at radius 3 is 2.40 bits per heavy atom. The molecular formula is C12H21F2N. The van der Waals surface area contributed by atoms with Crippen molar-refractivity contribution in [3.8, 4) is 0 Å². The fraction of sp³-hybridized carbons (Fsp3) is 1.00. The van der Waals surface area contributed by atoms with E-state index in [0.29, 0.717) is 0 Å². The maximum Gasteiger partial charge on any atom is 0.251 e. The van der Waals surface area contributed by atoms with Crippen LogP contribution in [0.15, 0.2) is 0 Å². The SMILES string of the molecule is FC(F)(CC1CCNC1)C1CCCCC1. The third kappa shape index (κ3) is 2.90. The van der Waals surface area contributed by atoms with Crippen LogP contribution in [0.3, 0.4) is 0 Å². The number of nitrogens with one attached hydrogen (secondary N) is 1. The molecule has 3 heteroatoms. The summed E-state index contributed by atoms with van der Waals surface area (Å²) in [5, 5.41) is 3.16. The van der Waals surface area contributed by atoms with Crippen molar-refractivity contribution in [3.05, 3.63) is 0 Å². The molecule has 1 saturated heterocycles. The molecule has 15 heavy (non-hydrogen) atoms. The second-order valence-electron chi connectivity index (χ2n) is 5.16. The maximum absolute atomic E-state index is 13.9. The lowest BCUT2D eigenvalue weighted by Gasteiger charge is -2.31. The molecule has 0 aromatic rings. The molecule has 1 unspecified atom stereocenters. The van der Waals surface area contributed by atoms with E-state index >= 15 is 0 Å². The number of alkyl halides is 2. The van der Waals surface area contributed by atoms with E-state index in [2.05, 4.69) is 5.32 Å². The Morgan fingerprint density at radius 1 is 1.07 bits per heavy atom. The summed E-state index contributed by atoms with van der Waals surface area (Å²) >= 11 is 0. The van der Waals surface area contributed by atoms with Crippen molar-refractivity contribution < 1.29 is 8.78 Å². The van der Waals surface area contributed by atoms with E-state index in [1.165, 1.54) is 0 Å². The zero-order valence-corrected chi connectivity index (χ0v) is 9.27. The molecule has 0 spiro atoms. The summed E-state index contributed by atoms with van der Waals surface area (Å²) in [6, 6.07) is 0. The van der Waals surface area contributed by atoms with E-state index in [0.717, 1.165) is 51.6 Å². The first-order valence-corrected chi connectivity index (χ1v) is 6.27. The lowest BCUT2D eigenvalue weighted by molar-refractivity contribution is -0.0869. The fourth-order valence-corrected chi connectivity index (χ4v) is 2.97. The number of hydrogen-bond donors (Lipinski definition) is 1. The average Bonchev–Trinajstić information content (AvgIpc) is 2.71. The minimum atomic E-state index is -2.41. The van der Waals surface area contributed by atoms with E-state index in [1.807, 2.05) is 0 Å². The highest BCUT2D eigenvalue weighted by atomic mass is 19.3. The normalized spacial score (nSPS) is 29.6. The number of hydrogen-bond acceptors (Lipinski definition) is 1. The van der Waals surface area contributed by atoms with Crippen LogP contribution in [0, 0.1) is 11.8 Å². The predicted molar refractivity (Wildman–Crippen MR) is 57.1 cm³/mol. The van der Waals surface area contributed by atoms with E-state index in [-0.39, 0.29) is 18.3 Å². The molecule has 2 rings (SSSR count). The Hall–Kier alpha value is -0.180. The zero-order valence-electron chi connectivity index (χ0n) is 9.27. The Bertz CT molecular complexity index is 194. The molecule has 1 saturated carbocycles. The van der Waals surface area contributed by atoms with Gasteiger partial charge in [-0.1, -0.05) is 19.3 Å². The molecule has 2 fully saturated rings. The topological polar surface area (TPSA) is 12.0 Å². The average molecular weight is 217 g/mol. The van der Waals surface area contributed by atoms with E-state index in [4.69, 9.17) is 0 Å². The van der Waals surface area contributed by atoms with Crippen molar-refractivity contribution in [1.29, 1.82) is 0 Å². The molecule has 1 aliphatic heterocycles. The van der Waals surface area contributed by atoms with Crippen LogP contribution in [-0.2, 0) is 0 Å². The first-order chi connectivity index (χ1) is 7.18. The molecule has 1 N–H and O–H groups in total. The molecule has 1 heterocycles. The molecular weight excluding hydrogens is 196 g/mol. The van der Waals surface area contributed by atoms with Crippen molar-refractivity contribution >= 4 is 0 Å². The summed E-state index contributed by atoms with van der Waals surface area (Å²) < 4.78 is 27.9. The molecule has 0 aromatic heterocycles. The Labute approximate surface area is 90.6 Å². The number of rotatable bonds is 3. The maximum atomic E-state index is 13.9. The predicted octanol–water partition coefficient (Wildman–Crippen LogP) is 3.20. The van der Waals surface area contributed by atoms with Gasteiger partial charge in [-0.15, -0.1) is 0 Å². The van der Waals surface area contributed by atoms with Gasteiger partial charge in [0.15, 0.2) is 0 Å². The summed E-state index contributed by atoms with van der Waals surface area (Å²) in [6.45, 7) is 1.72. The molecule has 2 aliphatic rings. The van der Waals surface area contributed by atoms with Crippen molar-refractivity contribution in [1.82, 2.24) is 5.32 Å². The first-order valence-electron chi connectivity index (χ1n) is 6.27. The van der Waals surface area contributed by atoms with Gasteiger partial charge in [-0.2, -0.15) is 0 Å². The van der Waals surface area contributed by atoms with Crippen molar-refractivity contribution in [2.75, 3.05) is 13.1 Å². The van der Waals surface area contributed by atoms with Crippen LogP contribution in [0.5, 0.6) is 0 Å². The van der Waals surface area contributed by atoms with Crippen LogP contribution in [-0.4, -0.2) is 19.0 Å². The first kappa shape index (κ1) is 11.3. The molecule has 0 radical (unpaired) electrons. The molecule has 0 amide bonds. The van der Waals surface area contributed by atoms with Gasteiger partial charge in [0.05, 0.1) is 0 Å². The van der Waals surface area contributed by atoms with Gasteiger partial charge in [0.2, 0.25) is 0 Å². The highest BCUT2D eigenvalue weighted by molar-refractivity contribution is 4.85. The highest BCUT2D eigenvalue weighted by Gasteiger charge is 2.41. The smallest absolute Gasteiger partial charge is 0.251 e. The fourth-order valence-electron chi connectivity index (χ4n) is 2.97. The van der Waals surface area contributed by atoms with Gasteiger partial charge in [-0.3, -0.25) is 0 Å². The van der Waals surface area contributed by atoms with Crippen LogP contribution in [0.2, 0.25) is 0 Å². The third-order valence-corrected chi connectivity index (χ3v) is 3.93. The molecule has 1 nitrogen and oxygen atoms in total. The summed E-state index contributed by atoms with van der Waals surface area (Å²) in [7, 11) is 0. The van der Waals surface area contributed by atoms with Crippen molar-refractivity contribution in [3.63, 3.8) is 0 Å². The van der Waals surface area contributed by atoms with Crippen LogP contribution in [0.4, 0.5) is 8.78 Å². The highest BCUT2D eigenvalue weighted by Crippen LogP contribution is 2.41. The van der Waals surface area contributed by atoms with Gasteiger partial charge < -0.3 is 5.32 Å². The van der Waals surface area contributed by atoms with Gasteiger partial charge in [0.25, 0.3) is 5.92 Å². The van der Waals surface area contributed by atoms with Gasteiger partial charge in [-0.05, 0) is 38.3 Å². The minimum absolute atomic E-state index is 0.116. The monoisotopic (exact) mass is 217 g/mol. The molecule has 0 bridgehead atoms. The van der Waals surface area contributed by atoms with Crippen molar-refractivity contribution in [2.24, 2.45) is 11.8 Å². The van der Waals surface area contributed by atoms with Crippen LogP contribution in [0.25, 0.3) is 0 Å². The number of halogens is 2. The Balaban J connectivity index is 1.86. The largest absolute Gasteiger partial charge is 0.316 e. The summed E-state index contributed by atoms with van der Waals surface area (Å²) in [5.74, 6) is -2.52. The standard InChI is InChI=1S/C12H21F2N/c13-12(14,8-10-6-7-15-9-10)11-4-2-1-3-5-11/h10-11,15H,1-9H2. The molecule has 1 atom stereocenters. The van der Waals surface area contributed by atoms with Gasteiger partial charge in [0, 0.05) is 12.3 Å². The van der Waals surface area contributed by atoms with E-state index < -0.39 is 5.92 Å². The second kappa shape index (κ2) is 4.77. The second-order valence-corrected chi connectivity index (χ2v) is 5.16. The summed E-state index contributed by atoms with van der Waals surface area (Å²) in [5.41, 5.74) is 0. The Morgan fingerprint density at radius 2 is 1.80 bits per heavy atom. The quantitative estimate of drug-likeness (QED) is 0.765. The molecule has 0 aromatic carbocycles. The van der Waals surface area contributed by atoms with Crippen molar-refractivity contribution in [2.45, 2.75) is 50.9 Å². The minimum Gasteiger partial charge on any atom is -0.316 e. The lowest BCUT2D eigenvalue weighted by atomic mass is 9.81. The van der Waals surface area contributed by atoms with E-state index in [9.17, 15) is 8.78 Å². The zero-order chi connectivity index (χ0) is 10.7. The lowest BCUT2D eigenvalue weighted by Crippen LogP contribution is -2.33. The van der Waals surface area contributed by atoms with Gasteiger partial charge in [-0.25, -0.2) is 8.78 Å². The van der Waals surface area contributed by atoms with E-state index in [1.54, 1.807) is 0 Å². The van der Waals surface area contributed by atoms with Crippen LogP contribution >= 0.6 is 0 Å². The molecule has 1 aliphatic carbocycles.